The van der Waals surface area contributed by atoms with E-state index in [0.717, 1.165) is 11.1 Å². The molecule has 1 heterocycles. The second kappa shape index (κ2) is 8.09. The van der Waals surface area contributed by atoms with Crippen molar-refractivity contribution in [2.45, 2.75) is 13.3 Å². The molecule has 2 aromatic carbocycles. The molecule has 0 radical (unpaired) electrons. The molecule has 7 nitrogen and oxygen atoms in total. The lowest BCUT2D eigenvalue weighted by Crippen LogP contribution is -2.19. The summed E-state index contributed by atoms with van der Waals surface area (Å²) in [6.45, 7) is 1.85. The van der Waals surface area contributed by atoms with Crippen LogP contribution in [0.4, 0.5) is 5.69 Å². The molecule has 0 unspecified atom stereocenters. The van der Waals surface area contributed by atoms with Crippen LogP contribution in [-0.2, 0) is 11.2 Å². The van der Waals surface area contributed by atoms with Crippen molar-refractivity contribution < 1.29 is 14.1 Å². The Hall–Kier alpha value is -3.74. The van der Waals surface area contributed by atoms with Gasteiger partial charge in [-0.1, -0.05) is 36.4 Å². The fraction of sp³-hybridized carbons (Fsp3) is 0.100. The molecule has 1 aromatic heterocycles. The molecule has 0 fully saturated rings. The number of hydrogen-bond acceptors (Lipinski definition) is 5. The van der Waals surface area contributed by atoms with Gasteiger partial charge in [0.15, 0.2) is 0 Å². The molecule has 27 heavy (non-hydrogen) atoms. The SMILES string of the molecule is Cc1ccc([N+](=O)[O-])cc1-c1ccc(/C=N/NC(=O)Cc2ccccc2)o1. The topological polar surface area (TPSA) is 97.7 Å². The first-order valence-electron chi connectivity index (χ1n) is 8.24. The van der Waals surface area contributed by atoms with Crippen molar-refractivity contribution in [3.05, 3.63) is 87.7 Å². The molecular formula is C20H17N3O4. The van der Waals surface area contributed by atoms with Crippen LogP contribution in [-0.4, -0.2) is 17.0 Å². The summed E-state index contributed by atoms with van der Waals surface area (Å²) < 4.78 is 5.66. The lowest BCUT2D eigenvalue weighted by atomic mass is 10.1. The summed E-state index contributed by atoms with van der Waals surface area (Å²) in [6, 6.07) is 17.3. The van der Waals surface area contributed by atoms with Gasteiger partial charge in [0.25, 0.3) is 5.69 Å². The van der Waals surface area contributed by atoms with Crippen LogP contribution in [0.5, 0.6) is 0 Å². The molecule has 0 bridgehead atoms. The van der Waals surface area contributed by atoms with E-state index in [-0.39, 0.29) is 18.0 Å². The molecule has 136 valence electrons. The highest BCUT2D eigenvalue weighted by Gasteiger charge is 2.13. The van der Waals surface area contributed by atoms with Crippen LogP contribution < -0.4 is 5.43 Å². The van der Waals surface area contributed by atoms with Gasteiger partial charge in [-0.25, -0.2) is 5.43 Å². The first kappa shape index (κ1) is 18.1. The summed E-state index contributed by atoms with van der Waals surface area (Å²) in [4.78, 5) is 22.4. The van der Waals surface area contributed by atoms with Gasteiger partial charge in [0.2, 0.25) is 5.91 Å². The van der Waals surface area contributed by atoms with Crippen LogP contribution in [0.15, 0.2) is 70.2 Å². The predicted octanol–water partition coefficient (Wildman–Crippen LogP) is 3.86. The maximum Gasteiger partial charge on any atom is 0.270 e. The molecule has 3 aromatic rings. The van der Waals surface area contributed by atoms with Crippen molar-refractivity contribution in [2.75, 3.05) is 0 Å². The first-order valence-corrected chi connectivity index (χ1v) is 8.24. The van der Waals surface area contributed by atoms with Gasteiger partial charge in [-0.2, -0.15) is 5.10 Å². The average molecular weight is 363 g/mol. The summed E-state index contributed by atoms with van der Waals surface area (Å²) in [5, 5.41) is 14.8. The van der Waals surface area contributed by atoms with E-state index >= 15 is 0 Å². The Balaban J connectivity index is 1.66. The van der Waals surface area contributed by atoms with Crippen molar-refractivity contribution in [2.24, 2.45) is 5.10 Å². The van der Waals surface area contributed by atoms with Gasteiger partial charge in [-0.15, -0.1) is 0 Å². The summed E-state index contributed by atoms with van der Waals surface area (Å²) in [5.41, 5.74) is 4.83. The van der Waals surface area contributed by atoms with Gasteiger partial charge in [0.05, 0.1) is 17.6 Å². The zero-order valence-corrected chi connectivity index (χ0v) is 14.6. The molecule has 0 aliphatic heterocycles. The van der Waals surface area contributed by atoms with E-state index in [2.05, 4.69) is 10.5 Å². The maximum atomic E-state index is 11.9. The van der Waals surface area contributed by atoms with Crippen molar-refractivity contribution in [3.8, 4) is 11.3 Å². The number of amides is 1. The third-order valence-corrected chi connectivity index (χ3v) is 3.91. The van der Waals surface area contributed by atoms with Gasteiger partial charge in [-0.05, 0) is 30.2 Å². The number of benzene rings is 2. The Bertz CT molecular complexity index is 993. The number of hydrogen-bond donors (Lipinski definition) is 1. The van der Waals surface area contributed by atoms with Gasteiger partial charge in [0, 0.05) is 17.7 Å². The van der Waals surface area contributed by atoms with Crippen LogP contribution >= 0.6 is 0 Å². The van der Waals surface area contributed by atoms with E-state index in [1.54, 1.807) is 18.2 Å². The number of hydrazone groups is 1. The number of nitrogens with zero attached hydrogens (tertiary/aromatic N) is 2. The maximum absolute atomic E-state index is 11.9. The molecule has 7 heteroatoms. The zero-order valence-electron chi connectivity index (χ0n) is 14.6. The first-order chi connectivity index (χ1) is 13.0. The summed E-state index contributed by atoms with van der Waals surface area (Å²) in [7, 11) is 0. The Kier molecular flexibility index (Phi) is 5.41. The molecule has 0 aliphatic rings. The highest BCUT2D eigenvalue weighted by atomic mass is 16.6. The number of nitro groups is 1. The highest BCUT2D eigenvalue weighted by molar-refractivity contribution is 5.82. The Morgan fingerprint density at radius 2 is 1.96 bits per heavy atom. The monoisotopic (exact) mass is 363 g/mol. The quantitative estimate of drug-likeness (QED) is 0.408. The smallest absolute Gasteiger partial charge is 0.270 e. The number of aryl methyl sites for hydroxylation is 1. The Morgan fingerprint density at radius 3 is 2.70 bits per heavy atom. The van der Waals surface area contributed by atoms with E-state index in [9.17, 15) is 14.9 Å². The lowest BCUT2D eigenvalue weighted by Gasteiger charge is -2.02. The summed E-state index contributed by atoms with van der Waals surface area (Å²) >= 11 is 0. The third-order valence-electron chi connectivity index (χ3n) is 3.91. The zero-order chi connectivity index (χ0) is 19.2. The van der Waals surface area contributed by atoms with Crippen LogP contribution in [0.1, 0.15) is 16.9 Å². The Morgan fingerprint density at radius 1 is 1.19 bits per heavy atom. The van der Waals surface area contributed by atoms with Crippen LogP contribution in [0, 0.1) is 17.0 Å². The number of carbonyl (C=O) groups excluding carboxylic acids is 1. The van der Waals surface area contributed by atoms with Gasteiger partial charge in [-0.3, -0.25) is 14.9 Å². The fourth-order valence-electron chi connectivity index (χ4n) is 2.54. The standard InChI is InChI=1S/C20H17N3O4/c1-14-7-8-16(23(25)26)12-18(14)19-10-9-17(27-19)13-21-22-20(24)11-15-5-3-2-4-6-15/h2-10,12-13H,11H2,1H3,(H,22,24)/b21-13+. The van der Waals surface area contributed by atoms with E-state index in [1.807, 2.05) is 37.3 Å². The van der Waals surface area contributed by atoms with E-state index in [1.165, 1.54) is 18.3 Å². The van der Waals surface area contributed by atoms with Crippen molar-refractivity contribution in [1.29, 1.82) is 0 Å². The molecule has 3 rings (SSSR count). The van der Waals surface area contributed by atoms with E-state index < -0.39 is 4.92 Å². The van der Waals surface area contributed by atoms with Gasteiger partial charge in [0.1, 0.15) is 11.5 Å². The minimum atomic E-state index is -0.448. The van der Waals surface area contributed by atoms with Crippen molar-refractivity contribution in [3.63, 3.8) is 0 Å². The third kappa shape index (κ3) is 4.66. The van der Waals surface area contributed by atoms with Crippen molar-refractivity contribution in [1.82, 2.24) is 5.43 Å². The molecule has 0 saturated carbocycles. The Labute approximate surface area is 155 Å². The van der Waals surface area contributed by atoms with Crippen molar-refractivity contribution >= 4 is 17.8 Å². The minimum absolute atomic E-state index is 0.00427. The lowest BCUT2D eigenvalue weighted by molar-refractivity contribution is -0.384. The van der Waals surface area contributed by atoms with E-state index in [0.29, 0.717) is 17.1 Å². The minimum Gasteiger partial charge on any atom is -0.455 e. The number of furan rings is 1. The molecule has 1 N–H and O–H groups in total. The molecular weight excluding hydrogens is 346 g/mol. The second-order valence-corrected chi connectivity index (χ2v) is 5.91. The largest absolute Gasteiger partial charge is 0.455 e. The number of nitro benzene ring substituents is 1. The van der Waals surface area contributed by atoms with Gasteiger partial charge >= 0.3 is 0 Å². The van der Waals surface area contributed by atoms with Crippen LogP contribution in [0.25, 0.3) is 11.3 Å². The summed E-state index contributed by atoms with van der Waals surface area (Å²) in [6.07, 6.45) is 1.62. The fourth-order valence-corrected chi connectivity index (χ4v) is 2.54. The molecule has 0 spiro atoms. The van der Waals surface area contributed by atoms with Crippen LogP contribution in [0.2, 0.25) is 0 Å². The highest BCUT2D eigenvalue weighted by Crippen LogP contribution is 2.28. The molecule has 0 aliphatic carbocycles. The average Bonchev–Trinajstić information content (AvgIpc) is 3.11. The summed E-state index contributed by atoms with van der Waals surface area (Å²) in [5.74, 6) is 0.683. The van der Waals surface area contributed by atoms with Gasteiger partial charge < -0.3 is 4.42 Å². The predicted molar refractivity (Wildman–Crippen MR) is 101 cm³/mol. The second-order valence-electron chi connectivity index (χ2n) is 5.91. The number of rotatable bonds is 6. The number of carbonyl (C=O) groups is 1. The van der Waals surface area contributed by atoms with Crippen LogP contribution in [0.3, 0.4) is 0 Å². The molecule has 1 amide bonds. The van der Waals surface area contributed by atoms with E-state index in [4.69, 9.17) is 4.42 Å². The molecule has 0 atom stereocenters. The number of nitrogens with one attached hydrogen (secondary N) is 1. The normalized spacial score (nSPS) is 10.9. The molecule has 0 saturated heterocycles. The number of non-ortho nitro benzene ring substituents is 1.